The summed E-state index contributed by atoms with van der Waals surface area (Å²) in [6, 6.07) is 11.2. The van der Waals surface area contributed by atoms with E-state index < -0.39 is 0 Å². The summed E-state index contributed by atoms with van der Waals surface area (Å²) in [6.45, 7) is 4.67. The highest BCUT2D eigenvalue weighted by atomic mass is 79.9. The molecular weight excluding hydrogens is 357 g/mol. The van der Waals surface area contributed by atoms with Crippen LogP contribution in [0.4, 0.5) is 10.2 Å². The number of benzene rings is 2. The van der Waals surface area contributed by atoms with Crippen LogP contribution in [0.15, 0.2) is 47.2 Å². The van der Waals surface area contributed by atoms with Gasteiger partial charge in [-0.1, -0.05) is 41.9 Å². The smallest absolute Gasteiger partial charge is 0.137 e. The molecule has 2 aromatic carbocycles. The van der Waals surface area contributed by atoms with Crippen molar-refractivity contribution in [1.29, 1.82) is 0 Å². The van der Waals surface area contributed by atoms with Crippen LogP contribution < -0.4 is 5.32 Å². The molecule has 0 saturated heterocycles. The number of nitrogens with zero attached hydrogens (tertiary/aromatic N) is 2. The summed E-state index contributed by atoms with van der Waals surface area (Å²) in [7, 11) is 0. The first-order chi connectivity index (χ1) is 11.0. The largest absolute Gasteiger partial charge is 0.365 e. The summed E-state index contributed by atoms with van der Waals surface area (Å²) in [5.41, 5.74) is 2.70. The predicted octanol–water partition coefficient (Wildman–Crippen LogP) is 5.27. The van der Waals surface area contributed by atoms with Crippen molar-refractivity contribution in [3.05, 3.63) is 64.1 Å². The Bertz CT molecular complexity index is 849. The second kappa shape index (κ2) is 6.62. The van der Waals surface area contributed by atoms with Crippen molar-refractivity contribution < 1.29 is 4.39 Å². The van der Waals surface area contributed by atoms with Crippen molar-refractivity contribution in [2.75, 3.05) is 5.32 Å². The molecule has 0 amide bonds. The summed E-state index contributed by atoms with van der Waals surface area (Å²) >= 11 is 3.27. The molecule has 0 bridgehead atoms. The van der Waals surface area contributed by atoms with Gasteiger partial charge in [0.25, 0.3) is 0 Å². The Kier molecular flexibility index (Phi) is 4.57. The van der Waals surface area contributed by atoms with Crippen molar-refractivity contribution >= 4 is 32.7 Å². The first-order valence-corrected chi connectivity index (χ1v) is 8.26. The zero-order valence-electron chi connectivity index (χ0n) is 13.0. The first kappa shape index (κ1) is 15.9. The van der Waals surface area contributed by atoms with E-state index in [1.165, 1.54) is 18.0 Å². The molecule has 0 spiro atoms. The highest BCUT2D eigenvalue weighted by Gasteiger charge is 2.08. The number of rotatable bonds is 4. The molecular formula is C18H17BrFN3. The summed E-state index contributed by atoms with van der Waals surface area (Å²) < 4.78 is 14.7. The van der Waals surface area contributed by atoms with Crippen molar-refractivity contribution in [1.82, 2.24) is 9.97 Å². The minimum Gasteiger partial charge on any atom is -0.365 e. The van der Waals surface area contributed by atoms with Crippen LogP contribution in [-0.4, -0.2) is 9.97 Å². The molecule has 0 aliphatic rings. The minimum absolute atomic E-state index is 0.242. The van der Waals surface area contributed by atoms with Gasteiger partial charge in [0.1, 0.15) is 18.0 Å². The second-order valence-electron chi connectivity index (χ2n) is 5.74. The SMILES string of the molecule is CC(C)c1ccc2ncnc(NCc3ccc(Br)cc3F)c2c1. The first-order valence-electron chi connectivity index (χ1n) is 7.47. The van der Waals surface area contributed by atoms with Gasteiger partial charge in [-0.2, -0.15) is 0 Å². The standard InChI is InChI=1S/C18H17BrFN3/c1-11(2)12-4-6-17-15(7-12)18(23-10-22-17)21-9-13-3-5-14(19)8-16(13)20/h3-8,10-11H,9H2,1-2H3,(H,21,22,23). The molecule has 0 unspecified atom stereocenters. The molecule has 3 aromatic rings. The monoisotopic (exact) mass is 373 g/mol. The Hall–Kier alpha value is -2.01. The maximum absolute atomic E-state index is 13.9. The molecule has 3 nitrogen and oxygen atoms in total. The lowest BCUT2D eigenvalue weighted by molar-refractivity contribution is 0.612. The van der Waals surface area contributed by atoms with Crippen LogP contribution in [0.2, 0.25) is 0 Å². The zero-order chi connectivity index (χ0) is 16.4. The molecule has 0 fully saturated rings. The lowest BCUT2D eigenvalue weighted by Crippen LogP contribution is -2.04. The van der Waals surface area contributed by atoms with Gasteiger partial charge in [0.15, 0.2) is 0 Å². The van der Waals surface area contributed by atoms with Crippen molar-refractivity contribution in [3.8, 4) is 0 Å². The van der Waals surface area contributed by atoms with Gasteiger partial charge >= 0.3 is 0 Å². The van der Waals surface area contributed by atoms with Crippen molar-refractivity contribution in [3.63, 3.8) is 0 Å². The number of fused-ring (bicyclic) bond motifs is 1. The average Bonchev–Trinajstić information content (AvgIpc) is 2.53. The highest BCUT2D eigenvalue weighted by Crippen LogP contribution is 2.25. The molecule has 1 N–H and O–H groups in total. The number of aromatic nitrogens is 2. The third-order valence-corrected chi connectivity index (χ3v) is 4.28. The number of hydrogen-bond donors (Lipinski definition) is 1. The fourth-order valence-corrected chi connectivity index (χ4v) is 2.75. The van der Waals surface area contributed by atoms with E-state index in [-0.39, 0.29) is 5.82 Å². The molecule has 23 heavy (non-hydrogen) atoms. The fourth-order valence-electron chi connectivity index (χ4n) is 2.42. The maximum Gasteiger partial charge on any atom is 0.137 e. The lowest BCUT2D eigenvalue weighted by atomic mass is 10.0. The second-order valence-corrected chi connectivity index (χ2v) is 6.66. The van der Waals surface area contributed by atoms with Gasteiger partial charge < -0.3 is 5.32 Å². The van der Waals surface area contributed by atoms with Crippen LogP contribution in [-0.2, 0) is 6.54 Å². The number of anilines is 1. The van der Waals surface area contributed by atoms with Crippen LogP contribution in [0.3, 0.4) is 0 Å². The topological polar surface area (TPSA) is 37.8 Å². The number of hydrogen-bond acceptors (Lipinski definition) is 3. The van der Waals surface area contributed by atoms with E-state index in [4.69, 9.17) is 0 Å². The Morgan fingerprint density at radius 2 is 1.96 bits per heavy atom. The van der Waals surface area contributed by atoms with E-state index in [0.717, 1.165) is 21.2 Å². The van der Waals surface area contributed by atoms with Crippen LogP contribution in [0.25, 0.3) is 10.9 Å². The van der Waals surface area contributed by atoms with Crippen LogP contribution in [0, 0.1) is 5.82 Å². The molecule has 0 aliphatic heterocycles. The van der Waals surface area contributed by atoms with Crippen molar-refractivity contribution in [2.24, 2.45) is 0 Å². The molecule has 1 aromatic heterocycles. The quantitative estimate of drug-likeness (QED) is 0.676. The van der Waals surface area contributed by atoms with Crippen LogP contribution in [0.5, 0.6) is 0 Å². The van der Waals surface area contributed by atoms with E-state index in [2.05, 4.69) is 57.2 Å². The zero-order valence-corrected chi connectivity index (χ0v) is 14.6. The Balaban J connectivity index is 1.91. The van der Waals surface area contributed by atoms with E-state index >= 15 is 0 Å². The van der Waals surface area contributed by atoms with E-state index in [9.17, 15) is 4.39 Å². The molecule has 0 aliphatic carbocycles. The Morgan fingerprint density at radius 3 is 2.70 bits per heavy atom. The van der Waals surface area contributed by atoms with E-state index in [1.807, 2.05) is 12.1 Å². The van der Waals surface area contributed by atoms with Gasteiger partial charge in [0.05, 0.1) is 5.52 Å². The minimum atomic E-state index is -0.242. The highest BCUT2D eigenvalue weighted by molar-refractivity contribution is 9.10. The van der Waals surface area contributed by atoms with Crippen LogP contribution in [0.1, 0.15) is 30.9 Å². The normalized spacial score (nSPS) is 11.2. The molecule has 0 radical (unpaired) electrons. The molecule has 3 rings (SSSR count). The van der Waals surface area contributed by atoms with Gasteiger partial charge in [-0.05, 0) is 35.7 Å². The van der Waals surface area contributed by atoms with E-state index in [1.54, 1.807) is 6.07 Å². The number of nitrogens with one attached hydrogen (secondary N) is 1. The van der Waals surface area contributed by atoms with Gasteiger partial charge in [-0.3, -0.25) is 0 Å². The van der Waals surface area contributed by atoms with Gasteiger partial charge in [-0.25, -0.2) is 14.4 Å². The Morgan fingerprint density at radius 1 is 1.13 bits per heavy atom. The maximum atomic E-state index is 13.9. The number of halogens is 2. The molecule has 5 heteroatoms. The lowest BCUT2D eigenvalue weighted by Gasteiger charge is -2.11. The van der Waals surface area contributed by atoms with Crippen molar-refractivity contribution in [2.45, 2.75) is 26.3 Å². The summed E-state index contributed by atoms with van der Waals surface area (Å²) in [6.07, 6.45) is 1.53. The molecule has 118 valence electrons. The van der Waals surface area contributed by atoms with Gasteiger partial charge in [0.2, 0.25) is 0 Å². The summed E-state index contributed by atoms with van der Waals surface area (Å²) in [5.74, 6) is 0.907. The van der Waals surface area contributed by atoms with E-state index in [0.29, 0.717) is 18.0 Å². The Labute approximate surface area is 143 Å². The summed E-state index contributed by atoms with van der Waals surface area (Å²) in [5, 5.41) is 4.18. The van der Waals surface area contributed by atoms with Gasteiger partial charge in [-0.15, -0.1) is 0 Å². The molecule has 0 atom stereocenters. The predicted molar refractivity (Wildman–Crippen MR) is 95.1 cm³/mol. The molecule has 1 heterocycles. The summed E-state index contributed by atoms with van der Waals surface area (Å²) in [4.78, 5) is 8.61. The average molecular weight is 374 g/mol. The third kappa shape index (κ3) is 3.50. The third-order valence-electron chi connectivity index (χ3n) is 3.79. The van der Waals surface area contributed by atoms with Gasteiger partial charge in [0, 0.05) is 22.0 Å². The fraction of sp³-hybridized carbons (Fsp3) is 0.222. The van der Waals surface area contributed by atoms with Crippen LogP contribution >= 0.6 is 15.9 Å². The molecule has 0 saturated carbocycles.